The van der Waals surface area contributed by atoms with Crippen molar-refractivity contribution in [3.63, 3.8) is 0 Å². The lowest BCUT2D eigenvalue weighted by Crippen LogP contribution is -2.32. The molecule has 90 valence electrons. The number of carbonyl (C=O) groups is 2. The lowest BCUT2D eigenvalue weighted by Gasteiger charge is -2.16. The molecule has 0 fully saturated rings. The standard InChI is InChI=1S/C11H9ClFNO2S/c1-17-5-4-14-9-7(13)3-2-6(12)8(9)10(15)11(14)16/h2-3H,4-5H2,1H3. The van der Waals surface area contributed by atoms with E-state index in [-0.39, 0.29) is 16.3 Å². The number of fused-ring (bicyclic) bond motifs is 1. The Balaban J connectivity index is 2.52. The monoisotopic (exact) mass is 273 g/mol. The fraction of sp³-hybridized carbons (Fsp3) is 0.273. The second kappa shape index (κ2) is 4.66. The van der Waals surface area contributed by atoms with Gasteiger partial charge in [-0.2, -0.15) is 11.8 Å². The maximum Gasteiger partial charge on any atom is 0.299 e. The van der Waals surface area contributed by atoms with Crippen LogP contribution in [-0.4, -0.2) is 30.2 Å². The van der Waals surface area contributed by atoms with E-state index in [0.29, 0.717) is 12.3 Å². The molecule has 0 aliphatic carbocycles. The Morgan fingerprint density at radius 1 is 1.41 bits per heavy atom. The zero-order valence-electron chi connectivity index (χ0n) is 9.00. The normalized spacial score (nSPS) is 14.4. The highest BCUT2D eigenvalue weighted by atomic mass is 35.5. The smallest absolute Gasteiger partial charge is 0.299 e. The van der Waals surface area contributed by atoms with E-state index in [1.165, 1.54) is 23.9 Å². The summed E-state index contributed by atoms with van der Waals surface area (Å²) in [6.07, 6.45) is 1.87. The Morgan fingerprint density at radius 3 is 2.76 bits per heavy atom. The Labute approximate surface area is 107 Å². The van der Waals surface area contributed by atoms with Gasteiger partial charge < -0.3 is 4.90 Å². The number of benzene rings is 1. The Bertz CT molecular complexity index is 506. The molecular weight excluding hydrogens is 265 g/mol. The van der Waals surface area contributed by atoms with Gasteiger partial charge in [0.25, 0.3) is 11.7 Å². The lowest BCUT2D eigenvalue weighted by molar-refractivity contribution is -0.114. The van der Waals surface area contributed by atoms with Crippen LogP contribution in [0, 0.1) is 5.82 Å². The molecule has 17 heavy (non-hydrogen) atoms. The molecule has 0 saturated carbocycles. The molecule has 0 aromatic heterocycles. The number of carbonyl (C=O) groups excluding carboxylic acids is 2. The third kappa shape index (κ3) is 1.93. The predicted molar refractivity (Wildman–Crippen MR) is 66.5 cm³/mol. The first-order chi connectivity index (χ1) is 8.07. The van der Waals surface area contributed by atoms with Crippen molar-refractivity contribution < 1.29 is 14.0 Å². The summed E-state index contributed by atoms with van der Waals surface area (Å²) in [6.45, 7) is 0.302. The molecule has 1 aromatic carbocycles. The largest absolute Gasteiger partial charge is 0.301 e. The number of anilines is 1. The van der Waals surface area contributed by atoms with Crippen molar-refractivity contribution in [2.45, 2.75) is 0 Å². The minimum absolute atomic E-state index is 0.0153. The number of hydrogen-bond acceptors (Lipinski definition) is 3. The summed E-state index contributed by atoms with van der Waals surface area (Å²) in [5.41, 5.74) is -0.000630. The zero-order chi connectivity index (χ0) is 12.6. The molecule has 2 rings (SSSR count). The van der Waals surface area contributed by atoms with Crippen molar-refractivity contribution in [1.82, 2.24) is 0 Å². The van der Waals surface area contributed by atoms with E-state index in [2.05, 4.69) is 0 Å². The molecule has 0 bridgehead atoms. The van der Waals surface area contributed by atoms with Gasteiger partial charge >= 0.3 is 0 Å². The number of Topliss-reactive ketones (excluding diaryl/α,β-unsaturated/α-hetero) is 1. The summed E-state index contributed by atoms with van der Waals surface area (Å²) in [4.78, 5) is 24.6. The first-order valence-corrected chi connectivity index (χ1v) is 6.68. The number of ketones is 1. The first kappa shape index (κ1) is 12.4. The molecule has 1 amide bonds. The predicted octanol–water partition coefficient (Wildman–Crippen LogP) is 2.37. The quantitative estimate of drug-likeness (QED) is 0.794. The highest BCUT2D eigenvalue weighted by Crippen LogP contribution is 2.36. The van der Waals surface area contributed by atoms with Crippen molar-refractivity contribution in [1.29, 1.82) is 0 Å². The lowest BCUT2D eigenvalue weighted by atomic mass is 10.1. The Morgan fingerprint density at radius 2 is 2.12 bits per heavy atom. The molecule has 1 aromatic rings. The van der Waals surface area contributed by atoms with Crippen LogP contribution in [0.25, 0.3) is 0 Å². The molecule has 0 atom stereocenters. The number of hydrogen-bond donors (Lipinski definition) is 0. The van der Waals surface area contributed by atoms with Crippen LogP contribution >= 0.6 is 23.4 Å². The number of nitrogens with zero attached hydrogens (tertiary/aromatic N) is 1. The second-order valence-corrected chi connectivity index (χ2v) is 4.92. The molecule has 6 heteroatoms. The van der Waals surface area contributed by atoms with Crippen LogP contribution in [0.4, 0.5) is 10.1 Å². The Hall–Kier alpha value is -1.07. The maximum atomic E-state index is 13.7. The highest BCUT2D eigenvalue weighted by Gasteiger charge is 2.39. The summed E-state index contributed by atoms with van der Waals surface area (Å²) >= 11 is 7.35. The molecular formula is C11H9ClFNO2S. The van der Waals surface area contributed by atoms with Gasteiger partial charge in [-0.05, 0) is 18.4 Å². The minimum atomic E-state index is -0.731. The van der Waals surface area contributed by atoms with Crippen molar-refractivity contribution in [2.75, 3.05) is 23.5 Å². The number of thioether (sulfide) groups is 1. The van der Waals surface area contributed by atoms with E-state index in [9.17, 15) is 14.0 Å². The molecule has 0 saturated heterocycles. The molecule has 0 unspecified atom stereocenters. The molecule has 1 aliphatic heterocycles. The van der Waals surface area contributed by atoms with Gasteiger partial charge in [0.1, 0.15) is 5.82 Å². The molecule has 1 aliphatic rings. The number of halogens is 2. The zero-order valence-corrected chi connectivity index (χ0v) is 10.6. The molecule has 0 N–H and O–H groups in total. The number of rotatable bonds is 3. The van der Waals surface area contributed by atoms with Crippen molar-refractivity contribution in [3.05, 3.63) is 28.5 Å². The van der Waals surface area contributed by atoms with Crippen LogP contribution < -0.4 is 4.90 Å². The van der Waals surface area contributed by atoms with Crippen molar-refractivity contribution in [3.8, 4) is 0 Å². The van der Waals surface area contributed by atoms with Gasteiger partial charge in [0.15, 0.2) is 0 Å². The second-order valence-electron chi connectivity index (χ2n) is 3.53. The van der Waals surface area contributed by atoms with E-state index in [0.717, 1.165) is 4.90 Å². The Kier molecular flexibility index (Phi) is 3.40. The molecule has 0 radical (unpaired) electrons. The minimum Gasteiger partial charge on any atom is -0.301 e. The van der Waals surface area contributed by atoms with Gasteiger partial charge in [0.05, 0.1) is 16.3 Å². The van der Waals surface area contributed by atoms with Crippen LogP contribution in [0.1, 0.15) is 10.4 Å². The average molecular weight is 274 g/mol. The van der Waals surface area contributed by atoms with E-state index in [1.807, 2.05) is 6.26 Å². The van der Waals surface area contributed by atoms with E-state index < -0.39 is 17.5 Å². The summed E-state index contributed by atoms with van der Waals surface area (Å²) in [7, 11) is 0. The number of amides is 1. The molecule has 1 heterocycles. The van der Waals surface area contributed by atoms with E-state index in [1.54, 1.807) is 0 Å². The van der Waals surface area contributed by atoms with Crippen LogP contribution in [0.15, 0.2) is 12.1 Å². The fourth-order valence-electron chi connectivity index (χ4n) is 1.75. The summed E-state index contributed by atoms with van der Waals surface area (Å²) < 4.78 is 13.7. The summed E-state index contributed by atoms with van der Waals surface area (Å²) in [5, 5.41) is 0.117. The van der Waals surface area contributed by atoms with Crippen LogP contribution in [0.2, 0.25) is 5.02 Å². The first-order valence-electron chi connectivity index (χ1n) is 4.91. The highest BCUT2D eigenvalue weighted by molar-refractivity contribution is 7.98. The van der Waals surface area contributed by atoms with Gasteiger partial charge in [0, 0.05) is 12.3 Å². The van der Waals surface area contributed by atoms with Crippen LogP contribution in [-0.2, 0) is 4.79 Å². The van der Waals surface area contributed by atoms with Gasteiger partial charge in [-0.15, -0.1) is 0 Å². The van der Waals surface area contributed by atoms with Gasteiger partial charge in [-0.1, -0.05) is 11.6 Å². The van der Waals surface area contributed by atoms with Gasteiger partial charge in [-0.25, -0.2) is 4.39 Å². The summed E-state index contributed by atoms with van der Waals surface area (Å²) in [6, 6.07) is 2.46. The summed E-state index contributed by atoms with van der Waals surface area (Å²) in [5.74, 6) is -1.40. The molecule has 3 nitrogen and oxygen atoms in total. The van der Waals surface area contributed by atoms with Crippen molar-refractivity contribution in [2.24, 2.45) is 0 Å². The van der Waals surface area contributed by atoms with E-state index >= 15 is 0 Å². The maximum absolute atomic E-state index is 13.7. The van der Waals surface area contributed by atoms with Crippen molar-refractivity contribution >= 4 is 40.7 Å². The van der Waals surface area contributed by atoms with E-state index in [4.69, 9.17) is 11.6 Å². The van der Waals surface area contributed by atoms with Crippen LogP contribution in [0.3, 0.4) is 0 Å². The van der Waals surface area contributed by atoms with Gasteiger partial charge in [-0.3, -0.25) is 9.59 Å². The third-order valence-electron chi connectivity index (χ3n) is 2.53. The SMILES string of the molecule is CSCCN1C(=O)C(=O)c2c(Cl)ccc(F)c21. The fourth-order valence-corrected chi connectivity index (χ4v) is 2.35. The average Bonchev–Trinajstić information content (AvgIpc) is 2.56. The van der Waals surface area contributed by atoms with Crippen LogP contribution in [0.5, 0.6) is 0 Å². The topological polar surface area (TPSA) is 37.4 Å². The molecule has 0 spiro atoms. The third-order valence-corrected chi connectivity index (χ3v) is 3.44. The van der Waals surface area contributed by atoms with Gasteiger partial charge in [0.2, 0.25) is 0 Å².